The monoisotopic (exact) mass is 430 g/mol. The molecule has 0 saturated carbocycles. The average Bonchev–Trinajstić information content (AvgIpc) is 3.02. The van der Waals surface area contributed by atoms with Gasteiger partial charge in [0.15, 0.2) is 15.7 Å². The van der Waals surface area contributed by atoms with E-state index in [4.69, 9.17) is 4.74 Å². The lowest BCUT2D eigenvalue weighted by atomic mass is 9.96. The second-order valence-electron chi connectivity index (χ2n) is 7.21. The second-order valence-corrected chi connectivity index (χ2v) is 9.50. The highest BCUT2D eigenvalue weighted by atomic mass is 32.2. The van der Waals surface area contributed by atoms with Crippen molar-refractivity contribution in [2.24, 2.45) is 0 Å². The van der Waals surface area contributed by atoms with Crippen molar-refractivity contribution in [2.75, 3.05) is 30.8 Å². The summed E-state index contributed by atoms with van der Waals surface area (Å²) in [4.78, 5) is 13.5. The number of aromatic nitrogens is 2. The van der Waals surface area contributed by atoms with Crippen molar-refractivity contribution >= 4 is 21.6 Å². The lowest BCUT2D eigenvalue weighted by molar-refractivity contribution is -0.117. The molecule has 1 aromatic carbocycles. The van der Waals surface area contributed by atoms with Gasteiger partial charge in [0.1, 0.15) is 22.5 Å². The zero-order valence-corrected chi connectivity index (χ0v) is 15.8. The molecule has 29 heavy (non-hydrogen) atoms. The molecule has 3 heterocycles. The number of anilines is 1. The Kier molecular flexibility index (Phi) is 4.77. The number of ether oxygens (including phenoxy) is 1. The fourth-order valence-electron chi connectivity index (χ4n) is 3.47. The highest BCUT2D eigenvalue weighted by Gasteiger charge is 2.54. The number of nitrogens with zero attached hydrogens (tertiary/aromatic N) is 3. The highest BCUT2D eigenvalue weighted by molar-refractivity contribution is 7.92. The Balaban J connectivity index is 1.35. The van der Waals surface area contributed by atoms with Crippen molar-refractivity contribution in [1.29, 1.82) is 0 Å². The van der Waals surface area contributed by atoms with Crippen molar-refractivity contribution in [1.82, 2.24) is 14.7 Å². The van der Waals surface area contributed by atoms with E-state index in [2.05, 4.69) is 10.4 Å². The summed E-state index contributed by atoms with van der Waals surface area (Å²) in [5, 5.41) is 5.19. The number of benzene rings is 1. The van der Waals surface area contributed by atoms with Gasteiger partial charge in [0, 0.05) is 6.07 Å². The summed E-state index contributed by atoms with van der Waals surface area (Å²) < 4.78 is 71.8. The molecule has 2 fully saturated rings. The van der Waals surface area contributed by atoms with Gasteiger partial charge in [0.05, 0.1) is 50.1 Å². The lowest BCUT2D eigenvalue weighted by Gasteiger charge is -2.51. The van der Waals surface area contributed by atoms with Gasteiger partial charge in [-0.1, -0.05) is 0 Å². The third kappa shape index (κ3) is 3.94. The van der Waals surface area contributed by atoms with Crippen molar-refractivity contribution in [3.8, 4) is 0 Å². The maximum absolute atomic E-state index is 13.7. The van der Waals surface area contributed by atoms with Crippen LogP contribution in [0.1, 0.15) is 0 Å². The number of carbonyl (C=O) groups is 1. The van der Waals surface area contributed by atoms with Crippen molar-refractivity contribution in [2.45, 2.75) is 17.4 Å². The predicted molar refractivity (Wildman–Crippen MR) is 95.4 cm³/mol. The number of sulfone groups is 1. The molecule has 2 aromatic rings. The first-order valence-electron chi connectivity index (χ1n) is 8.70. The minimum Gasteiger partial charge on any atom is -0.369 e. The second kappa shape index (κ2) is 7.02. The highest BCUT2D eigenvalue weighted by Crippen LogP contribution is 2.33. The topological polar surface area (TPSA) is 93.5 Å². The molecule has 1 atom stereocenters. The largest absolute Gasteiger partial charge is 0.369 e. The molecular formula is C17H17F3N4O4S. The number of carbonyl (C=O) groups excluding carboxylic acids is 1. The van der Waals surface area contributed by atoms with Crippen LogP contribution in [0.5, 0.6) is 0 Å². The first-order valence-corrected chi connectivity index (χ1v) is 10.4. The van der Waals surface area contributed by atoms with Crippen LogP contribution >= 0.6 is 0 Å². The van der Waals surface area contributed by atoms with Crippen LogP contribution in [0.3, 0.4) is 0 Å². The molecule has 1 N–H and O–H groups in total. The van der Waals surface area contributed by atoms with Gasteiger partial charge in [-0.3, -0.25) is 4.68 Å². The zero-order valence-electron chi connectivity index (χ0n) is 15.0. The Morgan fingerprint density at radius 3 is 2.66 bits per heavy atom. The minimum atomic E-state index is -3.57. The Morgan fingerprint density at radius 2 is 2.03 bits per heavy atom. The molecule has 12 heteroatoms. The number of likely N-dealkylation sites (tertiary alicyclic amines) is 1. The number of urea groups is 1. The van der Waals surface area contributed by atoms with Crippen molar-refractivity contribution in [3.63, 3.8) is 0 Å². The maximum atomic E-state index is 13.7. The molecule has 0 bridgehead atoms. The molecule has 2 amide bonds. The molecule has 2 saturated heterocycles. The zero-order chi connectivity index (χ0) is 20.8. The van der Waals surface area contributed by atoms with E-state index in [0.29, 0.717) is 6.07 Å². The molecule has 0 radical (unpaired) electrons. The average molecular weight is 430 g/mol. The predicted octanol–water partition coefficient (Wildman–Crippen LogP) is 1.40. The third-order valence-corrected chi connectivity index (χ3v) is 7.19. The Morgan fingerprint density at radius 1 is 1.28 bits per heavy atom. The van der Waals surface area contributed by atoms with E-state index < -0.39 is 44.2 Å². The first-order chi connectivity index (χ1) is 13.7. The Labute approximate surface area is 164 Å². The number of rotatable bonds is 3. The molecular weight excluding hydrogens is 413 g/mol. The van der Waals surface area contributed by atoms with Crippen LogP contribution in [-0.4, -0.2) is 65.4 Å². The van der Waals surface area contributed by atoms with Crippen LogP contribution in [0.2, 0.25) is 0 Å². The van der Waals surface area contributed by atoms with Gasteiger partial charge in [0.25, 0.3) is 0 Å². The molecule has 8 nitrogen and oxygen atoms in total. The van der Waals surface area contributed by atoms with Crippen molar-refractivity contribution in [3.05, 3.63) is 48.0 Å². The summed E-state index contributed by atoms with van der Waals surface area (Å²) in [5.74, 6) is -2.53. The smallest absolute Gasteiger partial charge is 0.322 e. The summed E-state index contributed by atoms with van der Waals surface area (Å²) in [5.41, 5.74) is -1.20. The standard InChI is InChI=1S/C17H17F3N4O4S/c18-11-1-2-15(14(20)3-11)22-16(25)23-8-17(9-23)10-29(26,27)13(7-28-17)6-24-5-12(19)4-21-24/h1-5,13H,6-10H2,(H,22,25)/t13-/m0/s1. The van der Waals surface area contributed by atoms with Gasteiger partial charge in [0.2, 0.25) is 0 Å². The Bertz CT molecular complexity index is 1050. The van der Waals surface area contributed by atoms with Crippen LogP contribution in [0.4, 0.5) is 23.7 Å². The number of amides is 2. The fraction of sp³-hybridized carbons (Fsp3) is 0.412. The van der Waals surface area contributed by atoms with Crippen molar-refractivity contribution < 1.29 is 31.1 Å². The molecule has 1 spiro atoms. The van der Waals surface area contributed by atoms with E-state index >= 15 is 0 Å². The molecule has 156 valence electrons. The van der Waals surface area contributed by atoms with Gasteiger partial charge in [-0.2, -0.15) is 5.10 Å². The number of halogens is 3. The summed E-state index contributed by atoms with van der Waals surface area (Å²) in [6, 6.07) is 2.12. The molecule has 2 aliphatic rings. The minimum absolute atomic E-state index is 0.0179. The van der Waals surface area contributed by atoms with Crippen LogP contribution in [0.25, 0.3) is 0 Å². The van der Waals surface area contributed by atoms with E-state index in [0.717, 1.165) is 24.5 Å². The lowest BCUT2D eigenvalue weighted by Crippen LogP contribution is -2.71. The van der Waals surface area contributed by atoms with E-state index in [1.165, 1.54) is 9.58 Å². The summed E-state index contributed by atoms with van der Waals surface area (Å²) in [7, 11) is -3.57. The van der Waals surface area contributed by atoms with Gasteiger partial charge in [-0.15, -0.1) is 0 Å². The van der Waals surface area contributed by atoms with E-state index in [9.17, 15) is 26.4 Å². The Hall–Kier alpha value is -2.60. The van der Waals surface area contributed by atoms with Crippen LogP contribution in [-0.2, 0) is 21.1 Å². The summed E-state index contributed by atoms with van der Waals surface area (Å²) in [6.07, 6.45) is 2.09. The molecule has 4 rings (SSSR count). The molecule has 1 aromatic heterocycles. The fourth-order valence-corrected chi connectivity index (χ4v) is 5.36. The molecule has 2 aliphatic heterocycles. The van der Waals surface area contributed by atoms with Gasteiger partial charge in [-0.25, -0.2) is 26.4 Å². The normalized spacial score (nSPS) is 22.3. The molecule has 0 unspecified atom stereocenters. The first kappa shape index (κ1) is 19.7. The van der Waals surface area contributed by atoms with Crippen LogP contribution in [0, 0.1) is 17.5 Å². The summed E-state index contributed by atoms with van der Waals surface area (Å²) >= 11 is 0. The number of hydrogen-bond donors (Lipinski definition) is 1. The van der Waals surface area contributed by atoms with E-state index in [1.807, 2.05) is 0 Å². The maximum Gasteiger partial charge on any atom is 0.322 e. The van der Waals surface area contributed by atoms with Gasteiger partial charge in [-0.05, 0) is 12.1 Å². The van der Waals surface area contributed by atoms with Gasteiger partial charge < -0.3 is 15.0 Å². The third-order valence-electron chi connectivity index (χ3n) is 4.96. The summed E-state index contributed by atoms with van der Waals surface area (Å²) in [6.45, 7) is -0.101. The van der Waals surface area contributed by atoms with E-state index in [-0.39, 0.29) is 37.7 Å². The van der Waals surface area contributed by atoms with E-state index in [1.54, 1.807) is 0 Å². The quantitative estimate of drug-likeness (QED) is 0.795. The molecule has 0 aliphatic carbocycles. The number of hydrogen-bond acceptors (Lipinski definition) is 5. The SMILES string of the molecule is O=C(Nc1ccc(F)cc1F)N1CC2(C1)CS(=O)(=O)[C@@H](Cn1cc(F)cn1)CO2. The van der Waals surface area contributed by atoms with Gasteiger partial charge >= 0.3 is 6.03 Å². The van der Waals surface area contributed by atoms with Crippen LogP contribution < -0.4 is 5.32 Å². The number of nitrogens with one attached hydrogen (secondary N) is 1. The van der Waals surface area contributed by atoms with Crippen LogP contribution in [0.15, 0.2) is 30.6 Å².